The third-order valence-electron chi connectivity index (χ3n) is 2.57. The second-order valence-electron chi connectivity index (χ2n) is 4.21. The molecule has 6 N–H and O–H groups in total. The molecule has 0 saturated heterocycles. The first-order valence-corrected chi connectivity index (χ1v) is 6.00. The number of carboxylic acids is 2. The summed E-state index contributed by atoms with van der Waals surface area (Å²) in [7, 11) is 0. The molecule has 20 heavy (non-hydrogen) atoms. The van der Waals surface area contributed by atoms with Crippen LogP contribution >= 0.6 is 0 Å². The van der Waals surface area contributed by atoms with Crippen molar-refractivity contribution in [1.82, 2.24) is 4.90 Å². The van der Waals surface area contributed by atoms with E-state index in [9.17, 15) is 19.2 Å². The highest BCUT2D eigenvalue weighted by Crippen LogP contribution is 2.04. The maximum atomic E-state index is 11.9. The fourth-order valence-electron chi connectivity index (χ4n) is 1.38. The molecule has 0 unspecified atom stereocenters. The Morgan fingerprint density at radius 3 is 1.90 bits per heavy atom. The van der Waals surface area contributed by atoms with Crippen LogP contribution in [0.3, 0.4) is 0 Å². The smallest absolute Gasteiger partial charge is 0.323 e. The summed E-state index contributed by atoms with van der Waals surface area (Å²) in [6, 6.07) is -2.27. The largest absolute Gasteiger partial charge is 0.481 e. The van der Waals surface area contributed by atoms with E-state index in [-0.39, 0.29) is 19.3 Å². The number of nitrogens with two attached hydrogens (primary N) is 2. The molecular weight excluding hydrogens is 270 g/mol. The lowest BCUT2D eigenvalue weighted by molar-refractivity contribution is -0.154. The van der Waals surface area contributed by atoms with Gasteiger partial charge >= 0.3 is 11.9 Å². The Morgan fingerprint density at radius 1 is 1.00 bits per heavy atom. The number of carbonyl (C=O) groups is 4. The molecule has 0 aromatic heterocycles. The molecule has 2 atom stereocenters. The van der Waals surface area contributed by atoms with Gasteiger partial charge in [0.2, 0.25) is 11.8 Å². The summed E-state index contributed by atoms with van der Waals surface area (Å²) in [6.45, 7) is 0.752. The minimum absolute atomic E-state index is 0.196. The third-order valence-corrected chi connectivity index (χ3v) is 2.57. The number of amides is 2. The molecule has 0 bridgehead atoms. The molecule has 114 valence electrons. The zero-order chi connectivity index (χ0) is 15.9. The predicted octanol–water partition coefficient (Wildman–Crippen LogP) is -1.64. The molecule has 0 aliphatic heterocycles. The summed E-state index contributed by atoms with van der Waals surface area (Å²) in [5.41, 5.74) is 11.0. The molecule has 2 amide bonds. The first kappa shape index (κ1) is 18.0. The zero-order valence-corrected chi connectivity index (χ0v) is 11.1. The van der Waals surface area contributed by atoms with Gasteiger partial charge in [0.15, 0.2) is 0 Å². The molecule has 0 aliphatic rings. The average molecular weight is 289 g/mol. The number of hydrogen-bond acceptors (Lipinski definition) is 6. The Balaban J connectivity index is 4.93. The number of nitrogens with zero attached hydrogens (tertiary/aromatic N) is 1. The van der Waals surface area contributed by atoms with Crippen LogP contribution in [0.15, 0.2) is 0 Å². The number of imide groups is 1. The fraction of sp³-hybridized carbons (Fsp3) is 0.636. The van der Waals surface area contributed by atoms with E-state index < -0.39 is 42.4 Å². The topological polar surface area (TPSA) is 164 Å². The second kappa shape index (κ2) is 8.23. The van der Waals surface area contributed by atoms with Crippen LogP contribution in [0.2, 0.25) is 0 Å². The molecule has 0 radical (unpaired) electrons. The Morgan fingerprint density at radius 2 is 1.50 bits per heavy atom. The van der Waals surface area contributed by atoms with Gasteiger partial charge in [0.05, 0.1) is 12.1 Å². The van der Waals surface area contributed by atoms with Crippen LogP contribution in [0.25, 0.3) is 0 Å². The zero-order valence-electron chi connectivity index (χ0n) is 11.1. The molecule has 0 fully saturated rings. The lowest BCUT2D eigenvalue weighted by Crippen LogP contribution is -2.53. The monoisotopic (exact) mass is 289 g/mol. The van der Waals surface area contributed by atoms with Crippen molar-refractivity contribution in [3.63, 3.8) is 0 Å². The molecule has 9 heteroatoms. The Kier molecular flexibility index (Phi) is 7.40. The van der Waals surface area contributed by atoms with E-state index in [1.807, 2.05) is 0 Å². The van der Waals surface area contributed by atoms with Gasteiger partial charge in [-0.3, -0.25) is 24.1 Å². The lowest BCUT2D eigenvalue weighted by atomic mass is 10.1. The molecule has 0 aromatic carbocycles. The Bertz CT molecular complexity index is 398. The van der Waals surface area contributed by atoms with Gasteiger partial charge in [-0.15, -0.1) is 0 Å². The van der Waals surface area contributed by atoms with E-state index in [4.69, 9.17) is 21.7 Å². The molecule has 0 aliphatic carbocycles. The second-order valence-corrected chi connectivity index (χ2v) is 4.21. The predicted molar refractivity (Wildman–Crippen MR) is 67.5 cm³/mol. The molecule has 9 nitrogen and oxygen atoms in total. The highest BCUT2D eigenvalue weighted by Gasteiger charge is 2.31. The quantitative estimate of drug-likeness (QED) is 0.413. The number of hydrogen-bond donors (Lipinski definition) is 4. The van der Waals surface area contributed by atoms with Gasteiger partial charge in [-0.25, -0.2) is 0 Å². The van der Waals surface area contributed by atoms with Crippen LogP contribution < -0.4 is 11.5 Å². The van der Waals surface area contributed by atoms with E-state index in [1.165, 1.54) is 0 Å². The van der Waals surface area contributed by atoms with Gasteiger partial charge in [0.1, 0.15) is 6.54 Å². The molecule has 0 spiro atoms. The van der Waals surface area contributed by atoms with Gasteiger partial charge in [-0.1, -0.05) is 6.92 Å². The van der Waals surface area contributed by atoms with Gasteiger partial charge in [0.25, 0.3) is 0 Å². The first-order chi connectivity index (χ1) is 9.20. The van der Waals surface area contributed by atoms with E-state index >= 15 is 0 Å². The van der Waals surface area contributed by atoms with E-state index in [2.05, 4.69) is 0 Å². The van der Waals surface area contributed by atoms with Crippen molar-refractivity contribution in [3.05, 3.63) is 0 Å². The summed E-state index contributed by atoms with van der Waals surface area (Å²) in [6.07, 6.45) is -0.326. The average Bonchev–Trinajstić information content (AvgIpc) is 2.39. The minimum atomic E-state index is -1.39. The summed E-state index contributed by atoms with van der Waals surface area (Å²) >= 11 is 0. The number of rotatable bonds is 8. The maximum Gasteiger partial charge on any atom is 0.323 e. The van der Waals surface area contributed by atoms with Crippen LogP contribution in [0.5, 0.6) is 0 Å². The SMILES string of the molecule is CC[C@H](N)C(=O)N(CC(=O)O)C(=O)[C@@H](N)CCC(=O)O. The van der Waals surface area contributed by atoms with Crippen LogP contribution in [0.1, 0.15) is 26.2 Å². The van der Waals surface area contributed by atoms with Crippen molar-refractivity contribution in [1.29, 1.82) is 0 Å². The van der Waals surface area contributed by atoms with Crippen molar-refractivity contribution < 1.29 is 29.4 Å². The van der Waals surface area contributed by atoms with Crippen molar-refractivity contribution in [2.24, 2.45) is 11.5 Å². The van der Waals surface area contributed by atoms with Gasteiger partial charge in [0, 0.05) is 6.42 Å². The number of aliphatic carboxylic acids is 2. The van der Waals surface area contributed by atoms with Gasteiger partial charge < -0.3 is 21.7 Å². The molecule has 0 saturated carbocycles. The van der Waals surface area contributed by atoms with Crippen molar-refractivity contribution in [3.8, 4) is 0 Å². The summed E-state index contributed by atoms with van der Waals surface area (Å²) in [4.78, 5) is 45.3. The Labute approximate surface area is 115 Å². The fourth-order valence-corrected chi connectivity index (χ4v) is 1.38. The van der Waals surface area contributed by atoms with Crippen molar-refractivity contribution in [2.45, 2.75) is 38.3 Å². The Hall–Kier alpha value is -2.00. The lowest BCUT2D eigenvalue weighted by Gasteiger charge is -2.24. The van der Waals surface area contributed by atoms with Crippen LogP contribution in [0.4, 0.5) is 0 Å². The van der Waals surface area contributed by atoms with E-state index in [0.29, 0.717) is 4.90 Å². The van der Waals surface area contributed by atoms with Gasteiger partial charge in [-0.05, 0) is 12.8 Å². The van der Waals surface area contributed by atoms with Crippen molar-refractivity contribution in [2.75, 3.05) is 6.54 Å². The molecule has 0 heterocycles. The van der Waals surface area contributed by atoms with Gasteiger partial charge in [-0.2, -0.15) is 0 Å². The molecule has 0 aromatic rings. The number of carbonyl (C=O) groups excluding carboxylic acids is 2. The normalized spacial score (nSPS) is 13.3. The third kappa shape index (κ3) is 5.76. The van der Waals surface area contributed by atoms with Crippen LogP contribution in [-0.4, -0.2) is 57.5 Å². The minimum Gasteiger partial charge on any atom is -0.481 e. The van der Waals surface area contributed by atoms with Crippen LogP contribution in [0, 0.1) is 0 Å². The standard InChI is InChI=1S/C11H19N3O6/c1-2-6(12)10(19)14(5-9(17)18)11(20)7(13)3-4-8(15)16/h6-7H,2-5,12-13H2,1H3,(H,15,16)(H,17,18)/t6-,7-/m0/s1. The summed E-state index contributed by atoms with van der Waals surface area (Å²) < 4.78 is 0. The summed E-state index contributed by atoms with van der Waals surface area (Å²) in [5.74, 6) is -4.32. The summed E-state index contributed by atoms with van der Waals surface area (Å²) in [5, 5.41) is 17.2. The number of carboxylic acid groups (broad SMARTS) is 2. The highest BCUT2D eigenvalue weighted by molar-refractivity contribution is 6.02. The van der Waals surface area contributed by atoms with E-state index in [1.54, 1.807) is 6.92 Å². The first-order valence-electron chi connectivity index (χ1n) is 6.00. The highest BCUT2D eigenvalue weighted by atomic mass is 16.4. The molecular formula is C11H19N3O6. The van der Waals surface area contributed by atoms with E-state index in [0.717, 1.165) is 0 Å². The van der Waals surface area contributed by atoms with Crippen molar-refractivity contribution >= 4 is 23.8 Å². The van der Waals surface area contributed by atoms with Crippen LogP contribution in [-0.2, 0) is 19.2 Å². The molecule has 0 rings (SSSR count). The maximum absolute atomic E-state index is 11.9.